The van der Waals surface area contributed by atoms with Gasteiger partial charge >= 0.3 is 0 Å². The summed E-state index contributed by atoms with van der Waals surface area (Å²) in [4.78, 5) is 0. The zero-order valence-corrected chi connectivity index (χ0v) is 9.38. The van der Waals surface area contributed by atoms with Gasteiger partial charge in [0.15, 0.2) is 11.5 Å². The molecule has 0 bridgehead atoms. The Hall–Kier alpha value is -2.14. The van der Waals surface area contributed by atoms with E-state index >= 15 is 0 Å². The molecule has 0 radical (unpaired) electrons. The lowest BCUT2D eigenvalue weighted by molar-refractivity contribution is 0.476. The summed E-state index contributed by atoms with van der Waals surface area (Å²) in [6, 6.07) is 7.19. The van der Waals surface area contributed by atoms with Crippen LogP contribution < -0.4 is 5.73 Å². The number of fused-ring (bicyclic) bond motifs is 3. The average molecular weight is 228 g/mol. The minimum absolute atomic E-state index is 0.252. The van der Waals surface area contributed by atoms with Crippen molar-refractivity contribution in [2.45, 2.75) is 13.5 Å². The zero-order valence-electron chi connectivity index (χ0n) is 9.38. The number of phenolic OH excluding ortho intramolecular Hbond substituents is 1. The van der Waals surface area contributed by atoms with Crippen molar-refractivity contribution in [1.82, 2.24) is 14.6 Å². The molecule has 0 saturated carbocycles. The molecule has 2 heterocycles. The third-order valence-corrected chi connectivity index (χ3v) is 2.93. The topological polar surface area (TPSA) is 76.4 Å². The lowest BCUT2D eigenvalue weighted by atomic mass is 10.1. The number of nitrogens with zero attached hydrogens (tertiary/aromatic N) is 3. The highest BCUT2D eigenvalue weighted by atomic mass is 16.3. The maximum Gasteiger partial charge on any atom is 0.161 e. The highest BCUT2D eigenvalue weighted by molar-refractivity contribution is 5.86. The number of aryl methyl sites for hydroxylation is 1. The molecule has 0 amide bonds. The Morgan fingerprint density at radius 3 is 2.88 bits per heavy atom. The number of hydrogen-bond donors (Lipinski definition) is 2. The average Bonchev–Trinajstić information content (AvgIpc) is 2.72. The van der Waals surface area contributed by atoms with Gasteiger partial charge in [-0.3, -0.25) is 4.40 Å². The molecule has 5 nitrogen and oxygen atoms in total. The Morgan fingerprint density at radius 2 is 2.12 bits per heavy atom. The van der Waals surface area contributed by atoms with Crippen LogP contribution in [0.2, 0.25) is 0 Å². The number of hydrogen-bond acceptors (Lipinski definition) is 4. The second kappa shape index (κ2) is 3.43. The maximum atomic E-state index is 9.54. The molecule has 17 heavy (non-hydrogen) atoms. The van der Waals surface area contributed by atoms with Gasteiger partial charge in [-0.25, -0.2) is 0 Å². The van der Waals surface area contributed by atoms with Gasteiger partial charge in [-0.15, -0.1) is 10.2 Å². The standard InChI is InChI=1S/C12H12N4O/c1-7-4-11-14-15-12(6-13)16(11)10-3-2-8(17)5-9(7)10/h2-5,17H,6,13H2,1H3. The molecule has 0 aliphatic rings. The Balaban J connectivity index is 2.56. The fourth-order valence-corrected chi connectivity index (χ4v) is 2.12. The molecular formula is C12H12N4O. The lowest BCUT2D eigenvalue weighted by Crippen LogP contribution is -2.03. The van der Waals surface area contributed by atoms with E-state index in [1.807, 2.05) is 23.5 Å². The molecule has 86 valence electrons. The molecule has 0 unspecified atom stereocenters. The quantitative estimate of drug-likeness (QED) is 0.659. The van der Waals surface area contributed by atoms with E-state index in [0.717, 1.165) is 27.9 Å². The van der Waals surface area contributed by atoms with Gasteiger partial charge in [-0.1, -0.05) is 0 Å². The molecule has 0 saturated heterocycles. The van der Waals surface area contributed by atoms with E-state index < -0.39 is 0 Å². The van der Waals surface area contributed by atoms with Gasteiger partial charge in [-0.2, -0.15) is 0 Å². The molecule has 3 aromatic rings. The summed E-state index contributed by atoms with van der Waals surface area (Å²) >= 11 is 0. The zero-order chi connectivity index (χ0) is 12.0. The molecule has 3 rings (SSSR count). The number of nitrogens with two attached hydrogens (primary N) is 1. The van der Waals surface area contributed by atoms with Crippen LogP contribution in [-0.2, 0) is 6.54 Å². The van der Waals surface area contributed by atoms with Crippen molar-refractivity contribution in [2.75, 3.05) is 0 Å². The predicted molar refractivity (Wildman–Crippen MR) is 64.8 cm³/mol. The molecule has 0 aliphatic heterocycles. The number of pyridine rings is 1. The van der Waals surface area contributed by atoms with Crippen molar-refractivity contribution in [1.29, 1.82) is 0 Å². The van der Waals surface area contributed by atoms with Crippen LogP contribution in [0.25, 0.3) is 16.6 Å². The van der Waals surface area contributed by atoms with E-state index in [4.69, 9.17) is 5.73 Å². The van der Waals surface area contributed by atoms with E-state index in [-0.39, 0.29) is 5.75 Å². The largest absolute Gasteiger partial charge is 0.508 e. The van der Waals surface area contributed by atoms with Crippen LogP contribution in [0.1, 0.15) is 11.4 Å². The smallest absolute Gasteiger partial charge is 0.161 e. The number of phenols is 1. The first kappa shape index (κ1) is 10.0. The van der Waals surface area contributed by atoms with Crippen molar-refractivity contribution in [3.05, 3.63) is 35.7 Å². The van der Waals surface area contributed by atoms with Crippen molar-refractivity contribution in [3.8, 4) is 5.75 Å². The first-order valence-corrected chi connectivity index (χ1v) is 5.37. The van der Waals surface area contributed by atoms with E-state index in [2.05, 4.69) is 10.2 Å². The SMILES string of the molecule is Cc1cc2nnc(CN)n2c2ccc(O)cc12. The highest BCUT2D eigenvalue weighted by Crippen LogP contribution is 2.25. The van der Waals surface area contributed by atoms with Gasteiger partial charge < -0.3 is 10.8 Å². The Kier molecular flexibility index (Phi) is 2.02. The molecular weight excluding hydrogens is 216 g/mol. The van der Waals surface area contributed by atoms with Crippen LogP contribution in [0.4, 0.5) is 0 Å². The van der Waals surface area contributed by atoms with Crippen LogP contribution in [0.5, 0.6) is 5.75 Å². The van der Waals surface area contributed by atoms with Crippen molar-refractivity contribution < 1.29 is 5.11 Å². The Morgan fingerprint density at radius 1 is 1.29 bits per heavy atom. The molecule has 0 spiro atoms. The van der Waals surface area contributed by atoms with Crippen LogP contribution in [0, 0.1) is 6.92 Å². The van der Waals surface area contributed by atoms with Crippen LogP contribution in [-0.4, -0.2) is 19.7 Å². The van der Waals surface area contributed by atoms with Crippen LogP contribution >= 0.6 is 0 Å². The van der Waals surface area contributed by atoms with E-state index in [0.29, 0.717) is 6.54 Å². The Labute approximate surface area is 97.5 Å². The number of benzene rings is 1. The normalized spacial score (nSPS) is 11.4. The summed E-state index contributed by atoms with van der Waals surface area (Å²) < 4.78 is 1.92. The second-order valence-electron chi connectivity index (χ2n) is 4.04. The third-order valence-electron chi connectivity index (χ3n) is 2.93. The number of aromatic hydroxyl groups is 1. The lowest BCUT2D eigenvalue weighted by Gasteiger charge is -2.07. The summed E-state index contributed by atoms with van der Waals surface area (Å²) in [6.45, 7) is 2.32. The summed E-state index contributed by atoms with van der Waals surface area (Å²) in [5, 5.41) is 18.7. The first-order valence-electron chi connectivity index (χ1n) is 5.37. The molecule has 0 atom stereocenters. The molecule has 0 fully saturated rings. The third kappa shape index (κ3) is 1.36. The summed E-state index contributed by atoms with van der Waals surface area (Å²) in [5.74, 6) is 0.970. The fourth-order valence-electron chi connectivity index (χ4n) is 2.12. The van der Waals surface area contributed by atoms with Crippen molar-refractivity contribution in [2.24, 2.45) is 5.73 Å². The summed E-state index contributed by atoms with van der Waals surface area (Å²) in [5.41, 5.74) is 8.44. The van der Waals surface area contributed by atoms with Gasteiger partial charge in [0.25, 0.3) is 0 Å². The van der Waals surface area contributed by atoms with Gasteiger partial charge in [0.05, 0.1) is 12.1 Å². The molecule has 0 aliphatic carbocycles. The first-order chi connectivity index (χ1) is 8.20. The van der Waals surface area contributed by atoms with E-state index in [1.54, 1.807) is 12.1 Å². The number of aromatic nitrogens is 3. The summed E-state index contributed by atoms with van der Waals surface area (Å²) in [6.07, 6.45) is 0. The van der Waals surface area contributed by atoms with Gasteiger partial charge in [0.2, 0.25) is 0 Å². The molecule has 2 aromatic heterocycles. The Bertz CT molecular complexity index is 717. The predicted octanol–water partition coefficient (Wildman–Crippen LogP) is 1.36. The van der Waals surface area contributed by atoms with E-state index in [9.17, 15) is 5.11 Å². The molecule has 3 N–H and O–H groups in total. The maximum absolute atomic E-state index is 9.54. The second-order valence-corrected chi connectivity index (χ2v) is 4.04. The molecule has 5 heteroatoms. The van der Waals surface area contributed by atoms with E-state index in [1.165, 1.54) is 0 Å². The highest BCUT2D eigenvalue weighted by Gasteiger charge is 2.10. The number of rotatable bonds is 1. The van der Waals surface area contributed by atoms with Crippen molar-refractivity contribution >= 4 is 16.6 Å². The minimum atomic E-state index is 0.252. The van der Waals surface area contributed by atoms with Crippen molar-refractivity contribution in [3.63, 3.8) is 0 Å². The van der Waals surface area contributed by atoms with Gasteiger partial charge in [-0.05, 0) is 36.8 Å². The monoisotopic (exact) mass is 228 g/mol. The van der Waals surface area contributed by atoms with Crippen LogP contribution in [0.3, 0.4) is 0 Å². The van der Waals surface area contributed by atoms with Gasteiger partial charge in [0.1, 0.15) is 5.75 Å². The van der Waals surface area contributed by atoms with Gasteiger partial charge in [0, 0.05) is 5.39 Å². The molecule has 1 aromatic carbocycles. The fraction of sp³-hybridized carbons (Fsp3) is 0.167. The minimum Gasteiger partial charge on any atom is -0.508 e. The van der Waals surface area contributed by atoms with Crippen LogP contribution in [0.15, 0.2) is 24.3 Å². The summed E-state index contributed by atoms with van der Waals surface area (Å²) in [7, 11) is 0.